The van der Waals surface area contributed by atoms with Crippen LogP contribution in [0.4, 0.5) is 0 Å². The van der Waals surface area contributed by atoms with Gasteiger partial charge in [0.25, 0.3) is 0 Å². The molecule has 0 N–H and O–H groups in total. The minimum absolute atomic E-state index is 1.02. The third-order valence-electron chi connectivity index (χ3n) is 4.00. The van der Waals surface area contributed by atoms with E-state index in [2.05, 4.69) is 73.7 Å². The lowest BCUT2D eigenvalue weighted by Gasteiger charge is -2.11. The van der Waals surface area contributed by atoms with Crippen molar-refractivity contribution in [3.05, 3.63) is 79.2 Å². The standard InChI is InChI=1S/C21H21/c1-2-3-5-12-18-15-20(17-10-6-4-7-11-17)16-19-13-8-9-14-21(18)19/h4,6-11,13-16H,1-3,5,12H2. The van der Waals surface area contributed by atoms with E-state index in [4.69, 9.17) is 0 Å². The molecule has 0 heterocycles. The Morgan fingerprint density at radius 3 is 2.29 bits per heavy atom. The highest BCUT2D eigenvalue weighted by Gasteiger charge is 2.05. The SMILES string of the molecule is [CH2]CCCCc1cc(-c2ccccc2)cc2ccccc12. The molecular formula is C21H21. The fourth-order valence-corrected chi connectivity index (χ4v) is 2.89. The van der Waals surface area contributed by atoms with Gasteiger partial charge in [0.05, 0.1) is 0 Å². The van der Waals surface area contributed by atoms with Gasteiger partial charge in [0, 0.05) is 0 Å². The third-order valence-corrected chi connectivity index (χ3v) is 4.00. The van der Waals surface area contributed by atoms with E-state index in [1.54, 1.807) is 0 Å². The van der Waals surface area contributed by atoms with Gasteiger partial charge in [0.15, 0.2) is 0 Å². The smallest absolute Gasteiger partial charge is 0.0151 e. The van der Waals surface area contributed by atoms with Gasteiger partial charge in [-0.15, -0.1) is 0 Å². The van der Waals surface area contributed by atoms with Crippen LogP contribution < -0.4 is 0 Å². The van der Waals surface area contributed by atoms with Crippen molar-refractivity contribution in [2.45, 2.75) is 25.7 Å². The second-order valence-electron chi connectivity index (χ2n) is 5.53. The van der Waals surface area contributed by atoms with Crippen molar-refractivity contribution in [3.63, 3.8) is 0 Å². The Balaban J connectivity index is 2.06. The van der Waals surface area contributed by atoms with Crippen LogP contribution in [0.25, 0.3) is 21.9 Å². The summed E-state index contributed by atoms with van der Waals surface area (Å²) in [4.78, 5) is 0. The highest BCUT2D eigenvalue weighted by Crippen LogP contribution is 2.28. The first-order chi connectivity index (χ1) is 10.4. The molecule has 0 saturated carbocycles. The molecule has 0 heteroatoms. The molecule has 0 nitrogen and oxygen atoms in total. The number of fused-ring (bicyclic) bond motifs is 1. The highest BCUT2D eigenvalue weighted by molar-refractivity contribution is 5.90. The van der Waals surface area contributed by atoms with Crippen molar-refractivity contribution in [2.75, 3.05) is 0 Å². The Hall–Kier alpha value is -2.08. The van der Waals surface area contributed by atoms with Crippen LogP contribution in [0.15, 0.2) is 66.7 Å². The first-order valence-corrected chi connectivity index (χ1v) is 7.75. The maximum atomic E-state index is 3.94. The molecule has 1 radical (unpaired) electrons. The number of unbranched alkanes of at least 4 members (excludes halogenated alkanes) is 2. The Bertz CT molecular complexity index is 710. The molecule has 0 saturated heterocycles. The van der Waals surface area contributed by atoms with Gasteiger partial charge < -0.3 is 0 Å². The summed E-state index contributed by atoms with van der Waals surface area (Å²) < 4.78 is 0. The number of benzene rings is 3. The molecule has 3 aromatic carbocycles. The van der Waals surface area contributed by atoms with Gasteiger partial charge in [-0.2, -0.15) is 0 Å². The maximum absolute atomic E-state index is 3.94. The van der Waals surface area contributed by atoms with E-state index in [1.165, 1.54) is 40.3 Å². The zero-order valence-electron chi connectivity index (χ0n) is 12.4. The van der Waals surface area contributed by atoms with Crippen LogP contribution in [0.3, 0.4) is 0 Å². The van der Waals surface area contributed by atoms with Gasteiger partial charge in [-0.25, -0.2) is 0 Å². The summed E-state index contributed by atoms with van der Waals surface area (Å²) in [5.41, 5.74) is 4.07. The van der Waals surface area contributed by atoms with Crippen molar-refractivity contribution < 1.29 is 0 Å². The number of rotatable bonds is 5. The highest BCUT2D eigenvalue weighted by atomic mass is 14.1. The van der Waals surface area contributed by atoms with Crippen molar-refractivity contribution in [3.8, 4) is 11.1 Å². The summed E-state index contributed by atoms with van der Waals surface area (Å²) in [5.74, 6) is 0. The molecule has 0 aliphatic heterocycles. The lowest BCUT2D eigenvalue weighted by Crippen LogP contribution is -1.90. The van der Waals surface area contributed by atoms with Crippen LogP contribution in [0.1, 0.15) is 24.8 Å². The molecule has 0 atom stereocenters. The van der Waals surface area contributed by atoms with Crippen LogP contribution in [0.5, 0.6) is 0 Å². The molecule has 21 heavy (non-hydrogen) atoms. The lowest BCUT2D eigenvalue weighted by atomic mass is 9.94. The van der Waals surface area contributed by atoms with Crippen molar-refractivity contribution in [2.24, 2.45) is 0 Å². The monoisotopic (exact) mass is 273 g/mol. The number of aryl methyl sites for hydroxylation is 1. The van der Waals surface area contributed by atoms with Crippen molar-refractivity contribution in [1.29, 1.82) is 0 Å². The van der Waals surface area contributed by atoms with E-state index in [-0.39, 0.29) is 0 Å². The van der Waals surface area contributed by atoms with Gasteiger partial charge >= 0.3 is 0 Å². The molecule has 0 amide bonds. The zero-order chi connectivity index (χ0) is 14.5. The van der Waals surface area contributed by atoms with Crippen molar-refractivity contribution in [1.82, 2.24) is 0 Å². The van der Waals surface area contributed by atoms with Gasteiger partial charge in [-0.05, 0) is 46.4 Å². The Kier molecular flexibility index (Phi) is 4.35. The summed E-state index contributed by atoms with van der Waals surface area (Å²) in [7, 11) is 0. The molecule has 3 aromatic rings. The molecule has 0 bridgehead atoms. The predicted octanol–water partition coefficient (Wildman–Crippen LogP) is 6.05. The number of hydrogen-bond acceptors (Lipinski definition) is 0. The predicted molar refractivity (Wildman–Crippen MR) is 92.3 cm³/mol. The van der Waals surface area contributed by atoms with E-state index < -0.39 is 0 Å². The van der Waals surface area contributed by atoms with E-state index in [0.717, 1.165) is 12.8 Å². The van der Waals surface area contributed by atoms with E-state index in [9.17, 15) is 0 Å². The van der Waals surface area contributed by atoms with Crippen LogP contribution in [-0.4, -0.2) is 0 Å². The summed E-state index contributed by atoms with van der Waals surface area (Å²) >= 11 is 0. The topological polar surface area (TPSA) is 0 Å². The largest absolute Gasteiger partial charge is 0.0622 e. The average molecular weight is 273 g/mol. The molecule has 3 rings (SSSR count). The fraction of sp³-hybridized carbons (Fsp3) is 0.190. The molecule has 0 unspecified atom stereocenters. The Morgan fingerprint density at radius 1 is 0.714 bits per heavy atom. The molecule has 0 aromatic heterocycles. The summed E-state index contributed by atoms with van der Waals surface area (Å²) in [6.45, 7) is 3.94. The normalized spacial score (nSPS) is 10.9. The fourth-order valence-electron chi connectivity index (χ4n) is 2.89. The lowest BCUT2D eigenvalue weighted by molar-refractivity contribution is 0.749. The van der Waals surface area contributed by atoms with E-state index in [1.807, 2.05) is 0 Å². The van der Waals surface area contributed by atoms with Gasteiger partial charge in [-0.3, -0.25) is 0 Å². The quantitative estimate of drug-likeness (QED) is 0.496. The molecular weight excluding hydrogens is 252 g/mol. The Morgan fingerprint density at radius 2 is 1.48 bits per heavy atom. The average Bonchev–Trinajstić information content (AvgIpc) is 2.55. The summed E-state index contributed by atoms with van der Waals surface area (Å²) in [6, 6.07) is 24.0. The molecule has 105 valence electrons. The molecule has 0 aliphatic carbocycles. The van der Waals surface area contributed by atoms with E-state index >= 15 is 0 Å². The zero-order valence-corrected chi connectivity index (χ0v) is 12.4. The second-order valence-corrected chi connectivity index (χ2v) is 5.53. The van der Waals surface area contributed by atoms with Gasteiger partial charge in [-0.1, -0.05) is 80.4 Å². The van der Waals surface area contributed by atoms with Gasteiger partial charge in [0.1, 0.15) is 0 Å². The third kappa shape index (κ3) is 3.16. The minimum atomic E-state index is 1.02. The second kappa shape index (κ2) is 6.58. The number of hydrogen-bond donors (Lipinski definition) is 0. The van der Waals surface area contributed by atoms with Crippen LogP contribution in [0, 0.1) is 6.92 Å². The van der Waals surface area contributed by atoms with E-state index in [0.29, 0.717) is 0 Å². The first-order valence-electron chi connectivity index (χ1n) is 7.75. The summed E-state index contributed by atoms with van der Waals surface area (Å²) in [5, 5.41) is 2.73. The maximum Gasteiger partial charge on any atom is -0.0151 e. The molecule has 0 spiro atoms. The molecule has 0 aliphatic rings. The first kappa shape index (κ1) is 13.9. The molecule has 0 fully saturated rings. The van der Waals surface area contributed by atoms with Crippen LogP contribution >= 0.6 is 0 Å². The summed E-state index contributed by atoms with van der Waals surface area (Å²) in [6.07, 6.45) is 4.57. The van der Waals surface area contributed by atoms with Gasteiger partial charge in [0.2, 0.25) is 0 Å². The Labute approximate surface area is 127 Å². The van der Waals surface area contributed by atoms with Crippen LogP contribution in [0.2, 0.25) is 0 Å². The van der Waals surface area contributed by atoms with Crippen molar-refractivity contribution >= 4 is 10.8 Å². The minimum Gasteiger partial charge on any atom is -0.0622 e. The van der Waals surface area contributed by atoms with Crippen LogP contribution in [-0.2, 0) is 6.42 Å².